The van der Waals surface area contributed by atoms with Gasteiger partial charge in [0.25, 0.3) is 0 Å². The molecule has 0 rings (SSSR count). The Kier molecular flexibility index (Phi) is 13.8. The Morgan fingerprint density at radius 2 is 1.41 bits per heavy atom. The number of amides is 4. The molecule has 13 nitrogen and oxygen atoms in total. The van der Waals surface area contributed by atoms with Crippen LogP contribution in [0.5, 0.6) is 0 Å². The van der Waals surface area contributed by atoms with Crippen LogP contribution in [0.4, 0.5) is 0 Å². The molecule has 4 atom stereocenters. The maximum absolute atomic E-state index is 12.6. The van der Waals surface area contributed by atoms with Gasteiger partial charge in [-0.15, -0.1) is 0 Å². The largest absolute Gasteiger partial charge is 0.480 e. The van der Waals surface area contributed by atoms with E-state index in [4.69, 9.17) is 22.3 Å². The predicted molar refractivity (Wildman–Crippen MR) is 115 cm³/mol. The molecule has 0 aromatic heterocycles. The highest BCUT2D eigenvalue weighted by atomic mass is 16.4. The summed E-state index contributed by atoms with van der Waals surface area (Å²) in [6.45, 7) is 3.33. The van der Waals surface area contributed by atoms with E-state index in [0.717, 1.165) is 0 Å². The number of carbonyl (C=O) groups excluding carboxylic acids is 4. The summed E-state index contributed by atoms with van der Waals surface area (Å²) >= 11 is 0. The number of primary amides is 1. The highest BCUT2D eigenvalue weighted by molar-refractivity contribution is 5.94. The monoisotopic (exact) mass is 460 g/mol. The molecule has 0 spiro atoms. The number of unbranched alkanes of at least 4 members (excludes halogenated alkanes) is 1. The Morgan fingerprint density at radius 1 is 0.875 bits per heavy atom. The first-order chi connectivity index (χ1) is 14.9. The third-order valence-electron chi connectivity index (χ3n) is 4.48. The van der Waals surface area contributed by atoms with Gasteiger partial charge in [0.1, 0.15) is 18.1 Å². The molecule has 4 unspecified atom stereocenters. The molecule has 0 saturated carbocycles. The van der Waals surface area contributed by atoms with Crippen LogP contribution in [0, 0.1) is 5.92 Å². The van der Waals surface area contributed by atoms with Crippen molar-refractivity contribution >= 4 is 29.6 Å². The van der Waals surface area contributed by atoms with Crippen molar-refractivity contribution in [3.05, 3.63) is 0 Å². The molecule has 32 heavy (non-hydrogen) atoms. The molecule has 0 aromatic carbocycles. The van der Waals surface area contributed by atoms with Crippen molar-refractivity contribution in [2.24, 2.45) is 23.1 Å². The minimum atomic E-state index is -1.57. The third kappa shape index (κ3) is 11.6. The van der Waals surface area contributed by atoms with Gasteiger partial charge in [0.15, 0.2) is 0 Å². The highest BCUT2D eigenvalue weighted by Crippen LogP contribution is 2.05. The first-order valence-electron chi connectivity index (χ1n) is 10.4. The summed E-state index contributed by atoms with van der Waals surface area (Å²) in [7, 11) is 0. The number of rotatable bonds is 16. The molecule has 4 amide bonds. The molecule has 13 heteroatoms. The van der Waals surface area contributed by atoms with E-state index in [1.165, 1.54) is 0 Å². The zero-order chi connectivity index (χ0) is 24.8. The fourth-order valence-corrected chi connectivity index (χ4v) is 2.80. The number of aliphatic hydroxyl groups excluding tert-OH is 1. The Morgan fingerprint density at radius 3 is 1.88 bits per heavy atom. The topological polar surface area (TPSA) is 240 Å². The molecule has 0 saturated heterocycles. The number of carboxylic acids is 1. The average Bonchev–Trinajstić information content (AvgIpc) is 2.69. The van der Waals surface area contributed by atoms with Crippen LogP contribution in [0.25, 0.3) is 0 Å². The summed E-state index contributed by atoms with van der Waals surface area (Å²) in [5.41, 5.74) is 16.2. The molecule has 0 aliphatic heterocycles. The number of nitrogens with one attached hydrogen (secondary N) is 3. The van der Waals surface area contributed by atoms with Gasteiger partial charge < -0.3 is 43.4 Å². The molecule has 0 aliphatic carbocycles. The van der Waals surface area contributed by atoms with Gasteiger partial charge in [0.05, 0.1) is 19.1 Å². The maximum Gasteiger partial charge on any atom is 0.326 e. The SMILES string of the molecule is CC(C)CC(N)C(=O)NC(CO)C(=O)NC(CCCCN)C(=O)NC(CC(N)=O)C(=O)O. The fraction of sp³-hybridized carbons (Fsp3) is 0.737. The molecule has 184 valence electrons. The van der Waals surface area contributed by atoms with Crippen LogP contribution in [0.1, 0.15) is 46.0 Å². The van der Waals surface area contributed by atoms with Crippen LogP contribution in [0.3, 0.4) is 0 Å². The lowest BCUT2D eigenvalue weighted by Gasteiger charge is -2.24. The van der Waals surface area contributed by atoms with Gasteiger partial charge in [-0.05, 0) is 38.1 Å². The van der Waals surface area contributed by atoms with Gasteiger partial charge in [0, 0.05) is 0 Å². The second kappa shape index (κ2) is 15.1. The third-order valence-corrected chi connectivity index (χ3v) is 4.48. The molecular formula is C19H36N6O7. The van der Waals surface area contributed by atoms with Gasteiger partial charge in [-0.25, -0.2) is 4.79 Å². The number of carbonyl (C=O) groups is 5. The number of aliphatic hydroxyl groups is 1. The smallest absolute Gasteiger partial charge is 0.326 e. The van der Waals surface area contributed by atoms with Gasteiger partial charge in [0.2, 0.25) is 23.6 Å². The number of carboxylic acid groups (broad SMARTS) is 1. The quantitative estimate of drug-likeness (QED) is 0.109. The first kappa shape index (κ1) is 29.2. The molecule has 0 aromatic rings. The Hall–Kier alpha value is -2.77. The van der Waals surface area contributed by atoms with E-state index < -0.39 is 66.8 Å². The van der Waals surface area contributed by atoms with Crippen molar-refractivity contribution in [1.29, 1.82) is 0 Å². The molecule has 0 fully saturated rings. The summed E-state index contributed by atoms with van der Waals surface area (Å²) < 4.78 is 0. The van der Waals surface area contributed by atoms with Crippen LogP contribution < -0.4 is 33.2 Å². The van der Waals surface area contributed by atoms with Crippen molar-refractivity contribution in [2.45, 2.75) is 70.1 Å². The van der Waals surface area contributed by atoms with Gasteiger partial charge in [-0.2, -0.15) is 0 Å². The minimum Gasteiger partial charge on any atom is -0.480 e. The second-order valence-electron chi connectivity index (χ2n) is 7.90. The zero-order valence-electron chi connectivity index (χ0n) is 18.5. The van der Waals surface area contributed by atoms with E-state index >= 15 is 0 Å². The van der Waals surface area contributed by atoms with E-state index in [0.29, 0.717) is 25.8 Å². The van der Waals surface area contributed by atoms with Gasteiger partial charge >= 0.3 is 5.97 Å². The number of hydrogen-bond acceptors (Lipinski definition) is 8. The van der Waals surface area contributed by atoms with E-state index in [9.17, 15) is 29.1 Å². The van der Waals surface area contributed by atoms with Gasteiger partial charge in [-0.3, -0.25) is 19.2 Å². The lowest BCUT2D eigenvalue weighted by molar-refractivity contribution is -0.143. The lowest BCUT2D eigenvalue weighted by Crippen LogP contribution is -2.58. The molecule has 11 N–H and O–H groups in total. The van der Waals surface area contributed by atoms with Crippen LogP contribution in [-0.4, -0.2) is 77.1 Å². The number of hydrogen-bond donors (Lipinski definition) is 8. The number of aliphatic carboxylic acids is 1. The summed E-state index contributed by atoms with van der Waals surface area (Å²) in [5, 5.41) is 25.6. The zero-order valence-corrected chi connectivity index (χ0v) is 18.5. The van der Waals surface area contributed by atoms with Crippen LogP contribution >= 0.6 is 0 Å². The molecule has 0 radical (unpaired) electrons. The first-order valence-corrected chi connectivity index (χ1v) is 10.4. The minimum absolute atomic E-state index is 0.108. The van der Waals surface area contributed by atoms with Gasteiger partial charge in [-0.1, -0.05) is 13.8 Å². The highest BCUT2D eigenvalue weighted by Gasteiger charge is 2.30. The van der Waals surface area contributed by atoms with Crippen LogP contribution in [0.2, 0.25) is 0 Å². The van der Waals surface area contributed by atoms with Crippen molar-refractivity contribution < 1.29 is 34.2 Å². The van der Waals surface area contributed by atoms with Crippen LogP contribution in [0.15, 0.2) is 0 Å². The Labute approximate surface area is 186 Å². The Balaban J connectivity index is 5.28. The fourth-order valence-electron chi connectivity index (χ4n) is 2.80. The van der Waals surface area contributed by atoms with E-state index in [1.54, 1.807) is 0 Å². The van der Waals surface area contributed by atoms with Crippen molar-refractivity contribution in [1.82, 2.24) is 16.0 Å². The van der Waals surface area contributed by atoms with E-state index in [2.05, 4.69) is 16.0 Å². The maximum atomic E-state index is 12.6. The van der Waals surface area contributed by atoms with E-state index in [-0.39, 0.29) is 12.3 Å². The summed E-state index contributed by atoms with van der Waals surface area (Å²) in [6, 6.07) is -5.02. The number of nitrogens with two attached hydrogens (primary N) is 3. The normalized spacial score (nSPS) is 14.7. The predicted octanol–water partition coefficient (Wildman–Crippen LogP) is -3.10. The molecule has 0 bridgehead atoms. The van der Waals surface area contributed by atoms with Crippen molar-refractivity contribution in [2.75, 3.05) is 13.2 Å². The summed E-state index contributed by atoms with van der Waals surface area (Å²) in [6.07, 6.45) is 0.807. The lowest BCUT2D eigenvalue weighted by atomic mass is 10.0. The molecule has 0 heterocycles. The standard InChI is InChI=1S/C19H36N6O7/c1-10(2)7-11(21)16(28)25-14(9-26)18(30)23-12(5-3-4-6-20)17(29)24-13(19(31)32)8-15(22)27/h10-14,26H,3-9,20-21H2,1-2H3,(H2,22,27)(H,23,30)(H,24,29)(H,25,28)(H,31,32). The summed E-state index contributed by atoms with van der Waals surface area (Å²) in [5.74, 6) is -4.61. The molecular weight excluding hydrogens is 424 g/mol. The molecule has 0 aliphatic rings. The second-order valence-corrected chi connectivity index (χ2v) is 7.90. The van der Waals surface area contributed by atoms with Crippen molar-refractivity contribution in [3.63, 3.8) is 0 Å². The summed E-state index contributed by atoms with van der Waals surface area (Å²) in [4.78, 5) is 59.7. The van der Waals surface area contributed by atoms with E-state index in [1.807, 2.05) is 13.8 Å². The van der Waals surface area contributed by atoms with Crippen molar-refractivity contribution in [3.8, 4) is 0 Å². The Bertz CT molecular complexity index is 658. The average molecular weight is 461 g/mol. The van der Waals surface area contributed by atoms with Crippen LogP contribution in [-0.2, 0) is 24.0 Å².